The number of aromatic amines is 2. The third kappa shape index (κ3) is 2.35. The second-order valence-corrected chi connectivity index (χ2v) is 6.32. The Morgan fingerprint density at radius 2 is 2.29 bits per heavy atom. The van der Waals surface area contributed by atoms with Crippen molar-refractivity contribution in [2.75, 3.05) is 20.2 Å². The summed E-state index contributed by atoms with van der Waals surface area (Å²) >= 11 is 0. The predicted octanol–water partition coefficient (Wildman–Crippen LogP) is 2.84. The Hall–Kier alpha value is -2.76. The van der Waals surface area contributed by atoms with Gasteiger partial charge in [-0.1, -0.05) is 0 Å². The number of likely N-dealkylation sites (tertiary alicyclic amines) is 1. The number of fused-ring (bicyclic) bond motifs is 1. The summed E-state index contributed by atoms with van der Waals surface area (Å²) in [6, 6.07) is 5.73. The van der Waals surface area contributed by atoms with Crippen molar-refractivity contribution in [2.45, 2.75) is 19.3 Å². The van der Waals surface area contributed by atoms with Crippen molar-refractivity contribution in [2.24, 2.45) is 0 Å². The van der Waals surface area contributed by atoms with Gasteiger partial charge in [0.25, 0.3) is 5.91 Å². The highest BCUT2D eigenvalue weighted by atomic mass is 16.5. The molecule has 1 aliphatic rings. The smallest absolute Gasteiger partial charge is 0.256 e. The van der Waals surface area contributed by atoms with Crippen molar-refractivity contribution in [3.8, 4) is 5.75 Å². The summed E-state index contributed by atoms with van der Waals surface area (Å²) in [7, 11) is 1.63. The lowest BCUT2D eigenvalue weighted by Crippen LogP contribution is -2.28. The molecular weight excluding hydrogens is 304 g/mol. The number of aryl methyl sites for hydroxylation is 1. The zero-order valence-corrected chi connectivity index (χ0v) is 13.8. The van der Waals surface area contributed by atoms with Crippen LogP contribution in [0.25, 0.3) is 10.9 Å². The van der Waals surface area contributed by atoms with E-state index < -0.39 is 0 Å². The molecule has 0 spiro atoms. The molecule has 2 aromatic heterocycles. The zero-order valence-electron chi connectivity index (χ0n) is 13.8. The Bertz CT molecular complexity index is 895. The van der Waals surface area contributed by atoms with Crippen molar-refractivity contribution in [1.29, 1.82) is 0 Å². The van der Waals surface area contributed by atoms with Gasteiger partial charge in [-0.05, 0) is 37.1 Å². The van der Waals surface area contributed by atoms with Crippen LogP contribution in [0.3, 0.4) is 0 Å². The fourth-order valence-corrected chi connectivity index (χ4v) is 3.52. The van der Waals surface area contributed by atoms with Gasteiger partial charge in [0.05, 0.1) is 18.9 Å². The molecule has 0 saturated carbocycles. The zero-order chi connectivity index (χ0) is 16.7. The van der Waals surface area contributed by atoms with E-state index in [0.29, 0.717) is 11.5 Å². The molecule has 0 radical (unpaired) electrons. The number of carbonyl (C=O) groups excluding carboxylic acids is 1. The predicted molar refractivity (Wildman–Crippen MR) is 91.4 cm³/mol. The lowest BCUT2D eigenvalue weighted by molar-refractivity contribution is 0.0792. The highest BCUT2D eigenvalue weighted by molar-refractivity contribution is 6.07. The van der Waals surface area contributed by atoms with Gasteiger partial charge in [0.2, 0.25) is 0 Å². The van der Waals surface area contributed by atoms with Crippen LogP contribution in [0.2, 0.25) is 0 Å². The summed E-state index contributed by atoms with van der Waals surface area (Å²) in [5.41, 5.74) is 3.95. The first-order valence-corrected chi connectivity index (χ1v) is 8.11. The first kappa shape index (κ1) is 14.8. The molecule has 2 N–H and O–H groups in total. The Balaban J connectivity index is 1.59. The maximum atomic E-state index is 13.0. The van der Waals surface area contributed by atoms with Gasteiger partial charge in [-0.3, -0.25) is 9.89 Å². The molecule has 124 valence electrons. The average molecular weight is 324 g/mol. The Morgan fingerprint density at radius 1 is 1.42 bits per heavy atom. The number of nitrogens with one attached hydrogen (secondary N) is 2. The molecule has 4 rings (SSSR count). The number of amides is 1. The van der Waals surface area contributed by atoms with Crippen molar-refractivity contribution < 1.29 is 9.53 Å². The van der Waals surface area contributed by atoms with Gasteiger partial charge in [0.1, 0.15) is 5.75 Å². The molecule has 0 aliphatic carbocycles. The molecule has 1 fully saturated rings. The summed E-state index contributed by atoms with van der Waals surface area (Å²) in [6.45, 7) is 3.53. The lowest BCUT2D eigenvalue weighted by Gasteiger charge is -2.16. The molecule has 1 amide bonds. The van der Waals surface area contributed by atoms with Gasteiger partial charge in [-0.2, -0.15) is 5.10 Å². The summed E-state index contributed by atoms with van der Waals surface area (Å²) in [4.78, 5) is 18.1. The van der Waals surface area contributed by atoms with Crippen LogP contribution in [-0.4, -0.2) is 46.2 Å². The molecule has 1 aromatic carbocycles. The summed E-state index contributed by atoms with van der Waals surface area (Å²) in [5, 5.41) is 8.08. The van der Waals surface area contributed by atoms with Crippen LogP contribution >= 0.6 is 0 Å². The van der Waals surface area contributed by atoms with E-state index in [4.69, 9.17) is 4.74 Å². The Labute approximate surface area is 139 Å². The molecule has 1 atom stereocenters. The standard InChI is InChI=1S/C18H20N4O2/c1-11-8-20-21-17(11)12-5-6-22(10-12)18(23)15-9-19-16-4-3-13(24-2)7-14(15)16/h3-4,7-9,12,19H,5-6,10H2,1-2H3,(H,20,21)/t12-/m1/s1. The summed E-state index contributed by atoms with van der Waals surface area (Å²) < 4.78 is 5.28. The molecule has 6 nitrogen and oxygen atoms in total. The van der Waals surface area contributed by atoms with Crippen LogP contribution < -0.4 is 4.74 Å². The maximum absolute atomic E-state index is 13.0. The normalized spacial score (nSPS) is 17.6. The third-order valence-corrected chi connectivity index (χ3v) is 4.87. The van der Waals surface area contributed by atoms with Gasteiger partial charge in [0, 0.05) is 41.8 Å². The van der Waals surface area contributed by atoms with Gasteiger partial charge in [-0.25, -0.2) is 0 Å². The maximum Gasteiger partial charge on any atom is 0.256 e. The van der Waals surface area contributed by atoms with Gasteiger partial charge in [0.15, 0.2) is 0 Å². The van der Waals surface area contributed by atoms with Crippen LogP contribution in [0.5, 0.6) is 5.75 Å². The molecule has 1 aliphatic heterocycles. The average Bonchev–Trinajstić information content (AvgIpc) is 3.32. The number of hydrogen-bond acceptors (Lipinski definition) is 3. The van der Waals surface area contributed by atoms with E-state index in [1.54, 1.807) is 13.3 Å². The number of rotatable bonds is 3. The molecule has 6 heteroatoms. The van der Waals surface area contributed by atoms with Crippen molar-refractivity contribution in [3.63, 3.8) is 0 Å². The molecule has 1 saturated heterocycles. The van der Waals surface area contributed by atoms with Crippen molar-refractivity contribution in [3.05, 3.63) is 47.4 Å². The minimum atomic E-state index is 0.0640. The van der Waals surface area contributed by atoms with E-state index >= 15 is 0 Å². The minimum Gasteiger partial charge on any atom is -0.497 e. The second-order valence-electron chi connectivity index (χ2n) is 6.32. The minimum absolute atomic E-state index is 0.0640. The van der Waals surface area contributed by atoms with E-state index in [1.807, 2.05) is 29.3 Å². The van der Waals surface area contributed by atoms with Crippen LogP contribution in [-0.2, 0) is 0 Å². The number of hydrogen-bond donors (Lipinski definition) is 2. The van der Waals surface area contributed by atoms with E-state index in [-0.39, 0.29) is 5.91 Å². The van der Waals surface area contributed by atoms with E-state index in [1.165, 1.54) is 0 Å². The first-order chi connectivity index (χ1) is 11.7. The largest absolute Gasteiger partial charge is 0.497 e. The molecule has 0 unspecified atom stereocenters. The fourth-order valence-electron chi connectivity index (χ4n) is 3.52. The number of ether oxygens (including phenoxy) is 1. The van der Waals surface area contributed by atoms with E-state index in [9.17, 15) is 4.79 Å². The fraction of sp³-hybridized carbons (Fsp3) is 0.333. The van der Waals surface area contributed by atoms with Crippen LogP contribution in [0, 0.1) is 6.92 Å². The van der Waals surface area contributed by atoms with Crippen molar-refractivity contribution in [1.82, 2.24) is 20.1 Å². The number of carbonyl (C=O) groups is 1. The van der Waals surface area contributed by atoms with Crippen LogP contribution in [0.4, 0.5) is 0 Å². The molecule has 24 heavy (non-hydrogen) atoms. The van der Waals surface area contributed by atoms with Gasteiger partial charge >= 0.3 is 0 Å². The lowest BCUT2D eigenvalue weighted by atomic mass is 10.0. The number of aromatic nitrogens is 3. The van der Waals surface area contributed by atoms with E-state index in [0.717, 1.165) is 47.4 Å². The quantitative estimate of drug-likeness (QED) is 0.778. The highest BCUT2D eigenvalue weighted by Gasteiger charge is 2.30. The SMILES string of the molecule is COc1ccc2[nH]cc(C(=O)N3CC[C@@H](c4[nH]ncc4C)C3)c2c1. The van der Waals surface area contributed by atoms with Gasteiger partial charge < -0.3 is 14.6 Å². The monoisotopic (exact) mass is 324 g/mol. The second kappa shape index (κ2) is 5.70. The molecule has 0 bridgehead atoms. The van der Waals surface area contributed by atoms with E-state index in [2.05, 4.69) is 22.1 Å². The Morgan fingerprint density at radius 3 is 3.04 bits per heavy atom. The number of benzene rings is 1. The first-order valence-electron chi connectivity index (χ1n) is 8.11. The Kier molecular flexibility index (Phi) is 3.52. The van der Waals surface area contributed by atoms with Crippen molar-refractivity contribution >= 4 is 16.8 Å². The van der Waals surface area contributed by atoms with Gasteiger partial charge in [-0.15, -0.1) is 0 Å². The number of methoxy groups -OCH3 is 1. The molecule has 3 heterocycles. The summed E-state index contributed by atoms with van der Waals surface area (Å²) in [5.74, 6) is 1.15. The molecule has 3 aromatic rings. The topological polar surface area (TPSA) is 74.0 Å². The van der Waals surface area contributed by atoms with Crippen LogP contribution in [0.15, 0.2) is 30.6 Å². The van der Waals surface area contributed by atoms with Crippen LogP contribution in [0.1, 0.15) is 34.0 Å². The number of H-pyrrole nitrogens is 2. The highest BCUT2D eigenvalue weighted by Crippen LogP contribution is 2.30. The third-order valence-electron chi connectivity index (χ3n) is 4.87. The summed E-state index contributed by atoms with van der Waals surface area (Å²) in [6.07, 6.45) is 4.59. The molecular formula is C18H20N4O2. The number of nitrogens with zero attached hydrogens (tertiary/aromatic N) is 2.